The lowest BCUT2D eigenvalue weighted by molar-refractivity contribution is -0.118. The fraction of sp³-hybridized carbons (Fsp3) is 0.300. The zero-order valence-electron chi connectivity index (χ0n) is 9.84. The van der Waals surface area contributed by atoms with Crippen LogP contribution in [0.15, 0.2) is 0 Å². The van der Waals surface area contributed by atoms with Crippen LogP contribution in [0.1, 0.15) is 30.1 Å². The molecular formula is C10H11F4N3O2. The van der Waals surface area contributed by atoms with Crippen LogP contribution in [-0.2, 0) is 4.79 Å². The van der Waals surface area contributed by atoms with Gasteiger partial charge in [-0.2, -0.15) is 13.8 Å². The second-order valence-corrected chi connectivity index (χ2v) is 3.28. The highest BCUT2D eigenvalue weighted by Crippen LogP contribution is 2.15. The second-order valence-electron chi connectivity index (χ2n) is 3.28. The summed E-state index contributed by atoms with van der Waals surface area (Å²) in [5.74, 6) is -9.43. The van der Waals surface area contributed by atoms with E-state index in [0.29, 0.717) is 6.42 Å². The summed E-state index contributed by atoms with van der Waals surface area (Å²) in [6, 6.07) is 0. The first-order chi connectivity index (χ1) is 8.72. The van der Waals surface area contributed by atoms with Crippen LogP contribution in [0.25, 0.3) is 0 Å². The molecule has 0 aliphatic heterocycles. The quantitative estimate of drug-likeness (QED) is 0.638. The number of amides is 2. The molecule has 0 aliphatic carbocycles. The van der Waals surface area contributed by atoms with Gasteiger partial charge in [0, 0.05) is 6.42 Å². The van der Waals surface area contributed by atoms with E-state index in [0.717, 1.165) is 6.42 Å². The molecule has 1 aromatic rings. The summed E-state index contributed by atoms with van der Waals surface area (Å²) in [4.78, 5) is 22.4. The van der Waals surface area contributed by atoms with Crippen LogP contribution in [0.2, 0.25) is 0 Å². The first kappa shape index (κ1) is 16.8. The third-order valence-corrected chi connectivity index (χ3v) is 1.74. The predicted octanol–water partition coefficient (Wildman–Crippen LogP) is 1.01. The highest BCUT2D eigenvalue weighted by Gasteiger charge is 2.24. The number of hydrogen-bond donors (Lipinski definition) is 2. The molecule has 5 nitrogen and oxygen atoms in total. The molecule has 106 valence electrons. The first-order valence-corrected chi connectivity index (χ1v) is 5.00. The van der Waals surface area contributed by atoms with Gasteiger partial charge in [0.2, 0.25) is 5.91 Å². The molecule has 0 saturated heterocycles. The minimum atomic E-state index is -1.91. The van der Waals surface area contributed by atoms with Crippen LogP contribution in [-0.4, -0.2) is 16.8 Å². The number of nitrogens with zero attached hydrogens (tertiary/aromatic N) is 1. The van der Waals surface area contributed by atoms with Crippen molar-refractivity contribution in [3.63, 3.8) is 0 Å². The van der Waals surface area contributed by atoms with Gasteiger partial charge in [0.05, 0.1) is 0 Å². The Morgan fingerprint density at radius 2 is 1.47 bits per heavy atom. The van der Waals surface area contributed by atoms with Gasteiger partial charge >= 0.3 is 0 Å². The molecule has 0 atom stereocenters. The molecular weight excluding hydrogens is 270 g/mol. The maximum atomic E-state index is 12.5. The molecule has 0 spiro atoms. The summed E-state index contributed by atoms with van der Waals surface area (Å²) in [5, 5.41) is 0. The van der Waals surface area contributed by atoms with Gasteiger partial charge in [-0.25, -0.2) is 8.78 Å². The van der Waals surface area contributed by atoms with Gasteiger partial charge in [0.25, 0.3) is 17.8 Å². The maximum absolute atomic E-state index is 12.5. The Bertz CT molecular complexity index is 468. The molecule has 1 aromatic heterocycles. The first-order valence-electron chi connectivity index (χ1n) is 5.00. The third kappa shape index (κ3) is 4.90. The van der Waals surface area contributed by atoms with Crippen LogP contribution in [0, 0.1) is 23.5 Å². The molecule has 19 heavy (non-hydrogen) atoms. The Labute approximate surface area is 105 Å². The predicted molar refractivity (Wildman–Crippen MR) is 56.7 cm³/mol. The van der Waals surface area contributed by atoms with Crippen LogP contribution in [0.3, 0.4) is 0 Å². The summed E-state index contributed by atoms with van der Waals surface area (Å²) in [5.41, 5.74) is 7.77. The van der Waals surface area contributed by atoms with E-state index in [1.807, 2.05) is 6.92 Å². The van der Waals surface area contributed by atoms with E-state index in [1.54, 1.807) is 0 Å². The van der Waals surface area contributed by atoms with E-state index in [-0.39, 0.29) is 5.91 Å². The Kier molecular flexibility index (Phi) is 6.45. The highest BCUT2D eigenvalue weighted by molar-refractivity contribution is 5.93. The molecule has 0 aromatic carbocycles. The number of halogens is 4. The average Bonchev–Trinajstić information content (AvgIpc) is 2.27. The summed E-state index contributed by atoms with van der Waals surface area (Å²) in [6.45, 7) is 1.92. The van der Waals surface area contributed by atoms with Crippen molar-refractivity contribution in [2.75, 3.05) is 0 Å². The van der Waals surface area contributed by atoms with Crippen molar-refractivity contribution in [1.82, 2.24) is 4.98 Å². The molecule has 1 heterocycles. The topological polar surface area (TPSA) is 99.1 Å². The van der Waals surface area contributed by atoms with Crippen LogP contribution < -0.4 is 11.5 Å². The van der Waals surface area contributed by atoms with Gasteiger partial charge in [-0.1, -0.05) is 6.92 Å². The van der Waals surface area contributed by atoms with Crippen molar-refractivity contribution < 1.29 is 27.2 Å². The third-order valence-electron chi connectivity index (χ3n) is 1.74. The lowest BCUT2D eigenvalue weighted by atomic mass is 10.2. The van der Waals surface area contributed by atoms with Crippen molar-refractivity contribution in [3.8, 4) is 0 Å². The Morgan fingerprint density at radius 3 is 1.68 bits per heavy atom. The number of aromatic nitrogens is 1. The molecule has 2 amide bonds. The van der Waals surface area contributed by atoms with Crippen molar-refractivity contribution >= 4 is 11.8 Å². The SMILES string of the molecule is CCCC(N)=O.NC(=O)c1c(F)c(F)nc(F)c1F. The number of carbonyl (C=O) groups excluding carboxylic acids is 2. The largest absolute Gasteiger partial charge is 0.370 e. The molecule has 4 N–H and O–H groups in total. The Morgan fingerprint density at radius 1 is 1.05 bits per heavy atom. The number of nitrogens with two attached hydrogens (primary N) is 2. The van der Waals surface area contributed by atoms with Crippen molar-refractivity contribution in [1.29, 1.82) is 0 Å². The van der Waals surface area contributed by atoms with Gasteiger partial charge in [-0.3, -0.25) is 9.59 Å². The fourth-order valence-electron chi connectivity index (χ4n) is 0.950. The smallest absolute Gasteiger partial charge is 0.255 e. The molecule has 0 aliphatic rings. The number of primary amides is 2. The lowest BCUT2D eigenvalue weighted by Crippen LogP contribution is -2.18. The van der Waals surface area contributed by atoms with Gasteiger partial charge in [-0.05, 0) is 6.42 Å². The van der Waals surface area contributed by atoms with Gasteiger partial charge < -0.3 is 11.5 Å². The normalized spacial score (nSPS) is 9.53. The van der Waals surface area contributed by atoms with E-state index in [2.05, 4.69) is 10.7 Å². The van der Waals surface area contributed by atoms with Crippen LogP contribution >= 0.6 is 0 Å². The number of carbonyl (C=O) groups is 2. The molecule has 0 bridgehead atoms. The van der Waals surface area contributed by atoms with E-state index in [1.165, 1.54) is 0 Å². The summed E-state index contributed by atoms with van der Waals surface area (Å²) < 4.78 is 49.7. The molecule has 0 unspecified atom stereocenters. The van der Waals surface area contributed by atoms with E-state index >= 15 is 0 Å². The van der Waals surface area contributed by atoms with Crippen LogP contribution in [0.5, 0.6) is 0 Å². The van der Waals surface area contributed by atoms with E-state index in [4.69, 9.17) is 5.73 Å². The summed E-state index contributed by atoms with van der Waals surface area (Å²) >= 11 is 0. The fourth-order valence-corrected chi connectivity index (χ4v) is 0.950. The monoisotopic (exact) mass is 281 g/mol. The number of hydrogen-bond acceptors (Lipinski definition) is 3. The van der Waals surface area contributed by atoms with E-state index < -0.39 is 35.0 Å². The lowest BCUT2D eigenvalue weighted by Gasteiger charge is -2.00. The summed E-state index contributed by atoms with van der Waals surface area (Å²) in [6.07, 6.45) is 1.37. The minimum absolute atomic E-state index is 0.211. The Balaban J connectivity index is 0.000000459. The summed E-state index contributed by atoms with van der Waals surface area (Å²) in [7, 11) is 0. The van der Waals surface area contributed by atoms with Crippen molar-refractivity contribution in [2.24, 2.45) is 11.5 Å². The van der Waals surface area contributed by atoms with Gasteiger partial charge in [0.15, 0.2) is 11.6 Å². The number of rotatable bonds is 3. The zero-order valence-corrected chi connectivity index (χ0v) is 9.84. The van der Waals surface area contributed by atoms with Gasteiger partial charge in [-0.15, -0.1) is 0 Å². The molecule has 0 fully saturated rings. The Hall–Kier alpha value is -2.19. The zero-order chi connectivity index (χ0) is 15.2. The van der Waals surface area contributed by atoms with Crippen LogP contribution in [0.4, 0.5) is 17.6 Å². The number of pyridine rings is 1. The highest BCUT2D eigenvalue weighted by atomic mass is 19.2. The van der Waals surface area contributed by atoms with Crippen molar-refractivity contribution in [3.05, 3.63) is 29.1 Å². The van der Waals surface area contributed by atoms with E-state index in [9.17, 15) is 27.2 Å². The minimum Gasteiger partial charge on any atom is -0.370 e. The second kappa shape index (κ2) is 7.29. The van der Waals surface area contributed by atoms with Gasteiger partial charge in [0.1, 0.15) is 5.56 Å². The maximum Gasteiger partial charge on any atom is 0.255 e. The molecule has 9 heteroatoms. The average molecular weight is 281 g/mol. The molecule has 1 rings (SSSR count). The molecule has 0 radical (unpaired) electrons. The standard InChI is InChI=1S/C6H2F4N2O.C4H9NO/c7-2-1(6(11)13)3(8)5(10)12-4(2)9;1-2-3-4(5)6/h(H2,11,13);2-3H2,1H3,(H2,5,6). The molecule has 0 saturated carbocycles. The van der Waals surface area contributed by atoms with Crippen molar-refractivity contribution in [2.45, 2.75) is 19.8 Å².